The highest BCUT2D eigenvalue weighted by Gasteiger charge is 2.34. The zero-order valence-corrected chi connectivity index (χ0v) is 15.4. The number of furan rings is 1. The normalized spacial score (nSPS) is 16.1. The number of carboxylic acid groups (broad SMARTS) is 1. The van der Waals surface area contributed by atoms with Crippen LogP contribution in [0.3, 0.4) is 0 Å². The van der Waals surface area contributed by atoms with Gasteiger partial charge >= 0.3 is 5.97 Å². The monoisotopic (exact) mass is 381 g/mol. The number of carbonyl (C=O) groups excluding carboxylic acids is 1. The van der Waals surface area contributed by atoms with Gasteiger partial charge in [0, 0.05) is 18.0 Å². The maximum atomic E-state index is 12.5. The molecule has 1 atom stereocenters. The number of fused-ring (bicyclic) bond motifs is 1. The summed E-state index contributed by atoms with van der Waals surface area (Å²) in [5, 5.41) is 14.6. The van der Waals surface area contributed by atoms with Crippen LogP contribution >= 0.6 is 0 Å². The van der Waals surface area contributed by atoms with Gasteiger partial charge in [0.1, 0.15) is 17.3 Å². The highest BCUT2D eigenvalue weighted by molar-refractivity contribution is 5.94. The first kappa shape index (κ1) is 17.8. The molecule has 1 aliphatic heterocycles. The van der Waals surface area contributed by atoms with Gasteiger partial charge in [-0.3, -0.25) is 19.4 Å². The minimum absolute atomic E-state index is 0.0181. The number of aromatic nitrogens is 2. The van der Waals surface area contributed by atoms with Gasteiger partial charge in [-0.1, -0.05) is 12.1 Å². The average Bonchev–Trinajstić information content (AvgIpc) is 3.26. The summed E-state index contributed by atoms with van der Waals surface area (Å²) in [7, 11) is 0. The van der Waals surface area contributed by atoms with Crippen LogP contribution in [0.1, 0.15) is 53.9 Å². The summed E-state index contributed by atoms with van der Waals surface area (Å²) in [5.74, 6) is -0.139. The molecule has 3 N–H and O–H groups in total. The molecule has 0 fully saturated rings. The molecule has 1 aromatic carbocycles. The van der Waals surface area contributed by atoms with Crippen molar-refractivity contribution in [3.63, 3.8) is 0 Å². The van der Waals surface area contributed by atoms with Crippen molar-refractivity contribution in [2.75, 3.05) is 5.32 Å². The molecule has 28 heavy (non-hydrogen) atoms. The topological polar surface area (TPSA) is 117 Å². The van der Waals surface area contributed by atoms with Crippen LogP contribution in [-0.2, 0) is 4.79 Å². The Hall–Kier alpha value is -3.55. The van der Waals surface area contributed by atoms with Crippen molar-refractivity contribution in [2.24, 2.45) is 0 Å². The highest BCUT2D eigenvalue weighted by Crippen LogP contribution is 2.38. The van der Waals surface area contributed by atoms with Gasteiger partial charge in [0.15, 0.2) is 0 Å². The molecular formula is C20H19N3O5. The largest absolute Gasteiger partial charge is 0.478 e. The van der Waals surface area contributed by atoms with Crippen LogP contribution in [0.2, 0.25) is 0 Å². The number of H-pyrrole nitrogens is 1. The third kappa shape index (κ3) is 2.92. The van der Waals surface area contributed by atoms with E-state index in [4.69, 9.17) is 9.52 Å². The molecule has 3 heterocycles. The molecule has 0 aliphatic carbocycles. The predicted molar refractivity (Wildman–Crippen MR) is 102 cm³/mol. The smallest absolute Gasteiger partial charge is 0.335 e. The van der Waals surface area contributed by atoms with Gasteiger partial charge in [-0.2, -0.15) is 0 Å². The van der Waals surface area contributed by atoms with E-state index < -0.39 is 11.9 Å². The summed E-state index contributed by atoms with van der Waals surface area (Å²) in [6, 6.07) is 9.81. The molecule has 2 aromatic heterocycles. The Kier molecular flexibility index (Phi) is 4.18. The van der Waals surface area contributed by atoms with Crippen molar-refractivity contribution in [2.45, 2.75) is 32.2 Å². The molecule has 4 rings (SSSR count). The van der Waals surface area contributed by atoms with E-state index in [0.717, 1.165) is 0 Å². The van der Waals surface area contributed by atoms with Gasteiger partial charge in [0.05, 0.1) is 17.0 Å². The van der Waals surface area contributed by atoms with Crippen molar-refractivity contribution in [1.29, 1.82) is 0 Å². The van der Waals surface area contributed by atoms with Crippen molar-refractivity contribution in [3.8, 4) is 11.3 Å². The third-order valence-corrected chi connectivity index (χ3v) is 4.86. The number of anilines is 1. The molecule has 144 valence electrons. The SMILES string of the molecule is CC(C)n1[nH]c(=O)c2c1NC(=O)C[C@@H]2c1ccc(-c2ccc(C(=O)O)cc2)o1. The lowest BCUT2D eigenvalue weighted by molar-refractivity contribution is -0.116. The maximum absolute atomic E-state index is 12.5. The Morgan fingerprint density at radius 2 is 1.89 bits per heavy atom. The van der Waals surface area contributed by atoms with Gasteiger partial charge in [-0.25, -0.2) is 4.79 Å². The van der Waals surface area contributed by atoms with E-state index in [1.165, 1.54) is 12.1 Å². The van der Waals surface area contributed by atoms with Crippen LogP contribution in [0.4, 0.5) is 5.82 Å². The third-order valence-electron chi connectivity index (χ3n) is 4.86. The molecule has 0 unspecified atom stereocenters. The quantitative estimate of drug-likeness (QED) is 0.641. The van der Waals surface area contributed by atoms with Gasteiger partial charge in [-0.05, 0) is 38.1 Å². The lowest BCUT2D eigenvalue weighted by Gasteiger charge is -2.22. The predicted octanol–water partition coefficient (Wildman–Crippen LogP) is 3.19. The Labute approximate surface area is 159 Å². The molecule has 0 bridgehead atoms. The number of rotatable bonds is 4. The first-order chi connectivity index (χ1) is 13.3. The van der Waals surface area contributed by atoms with Crippen LogP contribution in [0.25, 0.3) is 11.3 Å². The van der Waals surface area contributed by atoms with E-state index in [9.17, 15) is 14.4 Å². The number of hydrogen-bond donors (Lipinski definition) is 3. The van der Waals surface area contributed by atoms with E-state index >= 15 is 0 Å². The summed E-state index contributed by atoms with van der Waals surface area (Å²) in [6.07, 6.45) is 0.114. The zero-order chi connectivity index (χ0) is 20.0. The number of nitrogens with zero attached hydrogens (tertiary/aromatic N) is 1. The van der Waals surface area contributed by atoms with Crippen LogP contribution in [0.15, 0.2) is 45.6 Å². The summed E-state index contributed by atoms with van der Waals surface area (Å²) in [4.78, 5) is 35.8. The molecule has 1 amide bonds. The van der Waals surface area contributed by atoms with Gasteiger partial charge in [0.2, 0.25) is 5.91 Å². The molecule has 0 saturated carbocycles. The maximum Gasteiger partial charge on any atom is 0.335 e. The number of carbonyl (C=O) groups is 2. The summed E-state index contributed by atoms with van der Waals surface area (Å²) in [6.45, 7) is 3.83. The van der Waals surface area contributed by atoms with E-state index in [0.29, 0.717) is 28.5 Å². The number of carboxylic acids is 1. The van der Waals surface area contributed by atoms with Crippen LogP contribution in [0, 0.1) is 0 Å². The zero-order valence-electron chi connectivity index (χ0n) is 15.4. The first-order valence-corrected chi connectivity index (χ1v) is 8.93. The van der Waals surface area contributed by atoms with E-state index in [2.05, 4.69) is 10.4 Å². The van der Waals surface area contributed by atoms with Crippen molar-refractivity contribution < 1.29 is 19.1 Å². The molecule has 0 spiro atoms. The van der Waals surface area contributed by atoms with Gasteiger partial charge in [-0.15, -0.1) is 0 Å². The second-order valence-corrected chi connectivity index (χ2v) is 7.06. The molecule has 3 aromatic rings. The van der Waals surface area contributed by atoms with Crippen molar-refractivity contribution in [1.82, 2.24) is 9.78 Å². The second kappa shape index (κ2) is 6.56. The Morgan fingerprint density at radius 3 is 2.54 bits per heavy atom. The fraction of sp³-hybridized carbons (Fsp3) is 0.250. The minimum Gasteiger partial charge on any atom is -0.478 e. The Morgan fingerprint density at radius 1 is 1.18 bits per heavy atom. The number of aromatic amines is 1. The van der Waals surface area contributed by atoms with E-state index in [-0.39, 0.29) is 29.5 Å². The molecule has 0 radical (unpaired) electrons. The van der Waals surface area contributed by atoms with E-state index in [1.807, 2.05) is 13.8 Å². The molecule has 1 aliphatic rings. The van der Waals surface area contributed by atoms with Crippen molar-refractivity contribution >= 4 is 17.7 Å². The highest BCUT2D eigenvalue weighted by atomic mass is 16.4. The van der Waals surface area contributed by atoms with E-state index in [1.54, 1.807) is 28.9 Å². The Balaban J connectivity index is 1.73. The van der Waals surface area contributed by atoms with Crippen LogP contribution in [-0.4, -0.2) is 26.8 Å². The fourth-order valence-electron chi connectivity index (χ4n) is 3.49. The first-order valence-electron chi connectivity index (χ1n) is 8.93. The lowest BCUT2D eigenvalue weighted by atomic mass is 9.92. The number of benzene rings is 1. The summed E-state index contributed by atoms with van der Waals surface area (Å²) < 4.78 is 7.60. The fourth-order valence-corrected chi connectivity index (χ4v) is 3.49. The van der Waals surface area contributed by atoms with Gasteiger partial charge in [0.25, 0.3) is 5.56 Å². The summed E-state index contributed by atoms with van der Waals surface area (Å²) in [5.41, 5.74) is 1.13. The molecular weight excluding hydrogens is 362 g/mol. The van der Waals surface area contributed by atoms with Crippen LogP contribution in [0.5, 0.6) is 0 Å². The second-order valence-electron chi connectivity index (χ2n) is 7.06. The number of amides is 1. The molecule has 0 saturated heterocycles. The number of aromatic carboxylic acids is 1. The van der Waals surface area contributed by atoms with Crippen LogP contribution < -0.4 is 10.9 Å². The summed E-state index contributed by atoms with van der Waals surface area (Å²) >= 11 is 0. The molecule has 8 nitrogen and oxygen atoms in total. The number of nitrogens with one attached hydrogen (secondary N) is 2. The average molecular weight is 381 g/mol. The molecule has 8 heteroatoms. The Bertz CT molecular complexity index is 1120. The number of hydrogen-bond acceptors (Lipinski definition) is 4. The standard InChI is InChI=1S/C20H19N3O5/c1-10(2)23-18-17(19(25)22-23)13(9-16(24)21-18)15-8-7-14(28-15)11-3-5-12(6-4-11)20(26)27/h3-8,10,13H,9H2,1-2H3,(H,21,24)(H,22,25)(H,26,27)/t13-/m1/s1. The minimum atomic E-state index is -0.999. The van der Waals surface area contributed by atoms with Crippen molar-refractivity contribution in [3.05, 3.63) is 63.6 Å². The van der Waals surface area contributed by atoms with Gasteiger partial charge < -0.3 is 14.8 Å². The lowest BCUT2D eigenvalue weighted by Crippen LogP contribution is -2.27.